The van der Waals surface area contributed by atoms with E-state index in [0.717, 1.165) is 12.3 Å². The first-order valence-corrected chi connectivity index (χ1v) is 5.53. The summed E-state index contributed by atoms with van der Waals surface area (Å²) in [6, 6.07) is 1.80. The van der Waals surface area contributed by atoms with Gasteiger partial charge in [-0.05, 0) is 6.07 Å². The molecule has 8 heteroatoms. The van der Waals surface area contributed by atoms with E-state index in [1.54, 1.807) is 0 Å². The Morgan fingerprint density at radius 1 is 1.14 bits per heavy atom. The number of carbonyl (C=O) groups excluding carboxylic acids is 1. The van der Waals surface area contributed by atoms with E-state index < -0.39 is 34.9 Å². The summed E-state index contributed by atoms with van der Waals surface area (Å²) >= 11 is 0. The number of pyridine rings is 1. The summed E-state index contributed by atoms with van der Waals surface area (Å²) in [5.41, 5.74) is -1.56. The predicted molar refractivity (Wildman–Crippen MR) is 65.5 cm³/mol. The van der Waals surface area contributed by atoms with E-state index >= 15 is 0 Å². The lowest BCUT2D eigenvalue weighted by Gasteiger charge is -2.09. The first kappa shape index (κ1) is 14.5. The van der Waals surface area contributed by atoms with Crippen LogP contribution >= 0.6 is 0 Å². The quantitative estimate of drug-likeness (QED) is 0.911. The molecular formula is C13H7F3N2O3. The molecule has 1 aromatic heterocycles. The van der Waals surface area contributed by atoms with Crippen LogP contribution in [0.15, 0.2) is 30.6 Å². The second-order valence-corrected chi connectivity index (χ2v) is 3.92. The highest BCUT2D eigenvalue weighted by molar-refractivity contribution is 6.07. The SMILES string of the molecule is O=C(O)c1ccncc1NC(=O)c1c(F)cc(F)cc1F. The van der Waals surface area contributed by atoms with Gasteiger partial charge >= 0.3 is 5.97 Å². The summed E-state index contributed by atoms with van der Waals surface area (Å²) < 4.78 is 39.7. The fourth-order valence-corrected chi connectivity index (χ4v) is 1.62. The molecular weight excluding hydrogens is 289 g/mol. The van der Waals surface area contributed by atoms with Gasteiger partial charge in [0.05, 0.1) is 17.4 Å². The summed E-state index contributed by atoms with van der Waals surface area (Å²) in [6.07, 6.45) is 2.19. The zero-order valence-electron chi connectivity index (χ0n) is 10.2. The molecule has 0 atom stereocenters. The normalized spacial score (nSPS) is 10.2. The smallest absolute Gasteiger partial charge is 0.337 e. The number of rotatable bonds is 3. The Hall–Kier alpha value is -2.90. The number of nitrogens with zero attached hydrogens (tertiary/aromatic N) is 1. The molecule has 0 aliphatic rings. The summed E-state index contributed by atoms with van der Waals surface area (Å²) in [5.74, 6) is -6.57. The first-order valence-electron chi connectivity index (χ1n) is 5.53. The minimum Gasteiger partial charge on any atom is -0.478 e. The van der Waals surface area contributed by atoms with Crippen molar-refractivity contribution >= 4 is 17.6 Å². The highest BCUT2D eigenvalue weighted by atomic mass is 19.1. The minimum absolute atomic E-state index is 0.238. The van der Waals surface area contributed by atoms with E-state index in [0.29, 0.717) is 12.1 Å². The number of hydrogen-bond acceptors (Lipinski definition) is 3. The average molecular weight is 296 g/mol. The second kappa shape index (κ2) is 5.61. The van der Waals surface area contributed by atoms with Crippen LogP contribution in [0.1, 0.15) is 20.7 Å². The highest BCUT2D eigenvalue weighted by Crippen LogP contribution is 2.19. The summed E-state index contributed by atoms with van der Waals surface area (Å²) in [7, 11) is 0. The Morgan fingerprint density at radius 3 is 2.33 bits per heavy atom. The van der Waals surface area contributed by atoms with E-state index in [2.05, 4.69) is 4.98 Å². The minimum atomic E-state index is -1.40. The third-order valence-electron chi connectivity index (χ3n) is 2.53. The molecule has 0 fully saturated rings. The molecule has 0 bridgehead atoms. The molecule has 0 saturated carbocycles. The van der Waals surface area contributed by atoms with E-state index in [1.807, 2.05) is 5.32 Å². The fraction of sp³-hybridized carbons (Fsp3) is 0. The van der Waals surface area contributed by atoms with E-state index in [-0.39, 0.29) is 11.3 Å². The zero-order chi connectivity index (χ0) is 15.6. The van der Waals surface area contributed by atoms with Crippen molar-refractivity contribution in [2.75, 3.05) is 5.32 Å². The van der Waals surface area contributed by atoms with Crippen LogP contribution in [-0.2, 0) is 0 Å². The van der Waals surface area contributed by atoms with Gasteiger partial charge in [0.15, 0.2) is 0 Å². The number of carboxylic acids is 1. The van der Waals surface area contributed by atoms with Gasteiger partial charge in [0, 0.05) is 18.3 Å². The number of halogens is 3. The van der Waals surface area contributed by atoms with E-state index in [1.165, 1.54) is 6.20 Å². The molecule has 1 amide bonds. The summed E-state index contributed by atoms with van der Waals surface area (Å²) in [5, 5.41) is 10.9. The molecule has 0 spiro atoms. The molecule has 1 aromatic carbocycles. The number of aromatic carboxylic acids is 1. The zero-order valence-corrected chi connectivity index (χ0v) is 10.2. The molecule has 2 aromatic rings. The number of carboxylic acid groups (broad SMARTS) is 1. The van der Waals surface area contributed by atoms with Crippen LogP contribution in [0, 0.1) is 17.5 Å². The van der Waals surface area contributed by atoms with Gasteiger partial charge < -0.3 is 10.4 Å². The third-order valence-corrected chi connectivity index (χ3v) is 2.53. The monoisotopic (exact) mass is 296 g/mol. The lowest BCUT2D eigenvalue weighted by Crippen LogP contribution is -2.18. The molecule has 108 valence electrons. The first-order chi connectivity index (χ1) is 9.90. The van der Waals surface area contributed by atoms with Crippen molar-refractivity contribution in [3.8, 4) is 0 Å². The Kier molecular flexibility index (Phi) is 3.88. The second-order valence-electron chi connectivity index (χ2n) is 3.92. The maximum absolute atomic E-state index is 13.5. The van der Waals surface area contributed by atoms with Gasteiger partial charge in [0.1, 0.15) is 23.0 Å². The summed E-state index contributed by atoms with van der Waals surface area (Å²) in [4.78, 5) is 26.4. The number of benzene rings is 1. The Bertz CT molecular complexity index is 711. The van der Waals surface area contributed by atoms with Crippen LogP contribution in [0.2, 0.25) is 0 Å². The molecule has 0 aliphatic heterocycles. The Morgan fingerprint density at radius 2 is 1.76 bits per heavy atom. The van der Waals surface area contributed by atoms with Crippen LogP contribution in [-0.4, -0.2) is 22.0 Å². The molecule has 5 nitrogen and oxygen atoms in total. The van der Waals surface area contributed by atoms with Crippen molar-refractivity contribution < 1.29 is 27.9 Å². The van der Waals surface area contributed by atoms with Gasteiger partial charge in [-0.1, -0.05) is 0 Å². The van der Waals surface area contributed by atoms with E-state index in [9.17, 15) is 22.8 Å². The van der Waals surface area contributed by atoms with Gasteiger partial charge in [0.25, 0.3) is 5.91 Å². The van der Waals surface area contributed by atoms with Crippen molar-refractivity contribution in [2.24, 2.45) is 0 Å². The average Bonchev–Trinajstić information content (AvgIpc) is 2.37. The maximum Gasteiger partial charge on any atom is 0.337 e. The molecule has 2 N–H and O–H groups in total. The van der Waals surface area contributed by atoms with Crippen LogP contribution in [0.4, 0.5) is 18.9 Å². The number of aromatic nitrogens is 1. The van der Waals surface area contributed by atoms with Gasteiger partial charge in [-0.3, -0.25) is 9.78 Å². The lowest BCUT2D eigenvalue weighted by molar-refractivity contribution is 0.0698. The molecule has 1 heterocycles. The van der Waals surface area contributed by atoms with Crippen LogP contribution < -0.4 is 5.32 Å². The van der Waals surface area contributed by atoms with Gasteiger partial charge in [-0.2, -0.15) is 0 Å². The van der Waals surface area contributed by atoms with Crippen molar-refractivity contribution in [3.05, 3.63) is 59.2 Å². The molecule has 0 radical (unpaired) electrons. The van der Waals surface area contributed by atoms with Gasteiger partial charge in [-0.15, -0.1) is 0 Å². The van der Waals surface area contributed by atoms with Crippen LogP contribution in [0.3, 0.4) is 0 Å². The third kappa shape index (κ3) is 2.99. The molecule has 21 heavy (non-hydrogen) atoms. The van der Waals surface area contributed by atoms with Crippen molar-refractivity contribution in [2.45, 2.75) is 0 Å². The van der Waals surface area contributed by atoms with Crippen molar-refractivity contribution in [1.82, 2.24) is 4.98 Å². The number of amides is 1. The van der Waals surface area contributed by atoms with Gasteiger partial charge in [0.2, 0.25) is 0 Å². The maximum atomic E-state index is 13.5. The largest absolute Gasteiger partial charge is 0.478 e. The topological polar surface area (TPSA) is 79.3 Å². The molecule has 0 saturated heterocycles. The number of hydrogen-bond donors (Lipinski definition) is 2. The van der Waals surface area contributed by atoms with E-state index in [4.69, 9.17) is 5.11 Å². The summed E-state index contributed by atoms with van der Waals surface area (Å²) in [6.45, 7) is 0. The van der Waals surface area contributed by atoms with Crippen LogP contribution in [0.5, 0.6) is 0 Å². The fourth-order valence-electron chi connectivity index (χ4n) is 1.62. The lowest BCUT2D eigenvalue weighted by atomic mass is 10.1. The Labute approximate surface area is 116 Å². The standard InChI is InChI=1S/C13H7F3N2O3/c14-6-3-8(15)11(9(16)4-6)12(19)18-10-5-17-2-1-7(10)13(20)21/h1-5H,(H,18,19)(H,20,21). The highest BCUT2D eigenvalue weighted by Gasteiger charge is 2.21. The number of nitrogens with one attached hydrogen (secondary N) is 1. The van der Waals surface area contributed by atoms with Crippen molar-refractivity contribution in [3.63, 3.8) is 0 Å². The molecule has 2 rings (SSSR count). The molecule has 0 unspecified atom stereocenters. The van der Waals surface area contributed by atoms with Crippen LogP contribution in [0.25, 0.3) is 0 Å². The van der Waals surface area contributed by atoms with Gasteiger partial charge in [-0.25, -0.2) is 18.0 Å². The number of carbonyl (C=O) groups is 2. The predicted octanol–water partition coefficient (Wildman–Crippen LogP) is 2.45. The van der Waals surface area contributed by atoms with Crippen molar-refractivity contribution in [1.29, 1.82) is 0 Å². The Balaban J connectivity index is 2.38. The number of anilines is 1. The molecule has 0 aliphatic carbocycles.